The highest BCUT2D eigenvalue weighted by atomic mass is 16.5. The van der Waals surface area contributed by atoms with Crippen LogP contribution < -0.4 is 5.32 Å². The van der Waals surface area contributed by atoms with E-state index in [1.54, 1.807) is 0 Å². The largest absolute Gasteiger partial charge is 0.469 e. The molecule has 0 spiro atoms. The number of methoxy groups -OCH3 is 1. The fourth-order valence-corrected chi connectivity index (χ4v) is 2.21. The molecule has 1 amide bonds. The van der Waals surface area contributed by atoms with Crippen molar-refractivity contribution < 1.29 is 19.4 Å². The number of aliphatic hydroxyl groups is 1. The fraction of sp³-hybridized carbons (Fsp3) is 0.846. The lowest BCUT2D eigenvalue weighted by Crippen LogP contribution is -2.47. The predicted octanol–water partition coefficient (Wildman–Crippen LogP) is 1.14. The number of unbranched alkanes of at least 4 members (excludes halogenated alkanes) is 3. The Morgan fingerprint density at radius 2 is 2.11 bits per heavy atom. The molecule has 0 bridgehead atoms. The summed E-state index contributed by atoms with van der Waals surface area (Å²) in [5.74, 6) is -0.124. The minimum absolute atomic E-state index is 0.0380. The monoisotopic (exact) mass is 257 g/mol. The number of carbonyl (C=O) groups excluding carboxylic acids is 2. The summed E-state index contributed by atoms with van der Waals surface area (Å²) < 4.78 is 4.56. The quantitative estimate of drug-likeness (QED) is 0.530. The second kappa shape index (κ2) is 8.08. The van der Waals surface area contributed by atoms with Gasteiger partial charge in [-0.25, -0.2) is 0 Å². The Bertz CT molecular complexity index is 280. The molecule has 5 heteroatoms. The molecule has 1 fully saturated rings. The molecule has 0 aromatic rings. The number of esters is 1. The van der Waals surface area contributed by atoms with Crippen LogP contribution in [0.15, 0.2) is 0 Å². The molecular formula is C13H23NO4. The Hall–Kier alpha value is -1.10. The fourth-order valence-electron chi connectivity index (χ4n) is 2.21. The van der Waals surface area contributed by atoms with E-state index >= 15 is 0 Å². The van der Waals surface area contributed by atoms with E-state index in [-0.39, 0.29) is 17.9 Å². The summed E-state index contributed by atoms with van der Waals surface area (Å²) in [5.41, 5.74) is 0. The predicted molar refractivity (Wildman–Crippen MR) is 66.9 cm³/mol. The Kier molecular flexibility index (Phi) is 6.72. The maximum Gasteiger partial charge on any atom is 0.305 e. The minimum atomic E-state index is -0.405. The van der Waals surface area contributed by atoms with Gasteiger partial charge in [0, 0.05) is 12.8 Å². The number of amides is 1. The summed E-state index contributed by atoms with van der Waals surface area (Å²) in [4.78, 5) is 22.1. The maximum absolute atomic E-state index is 11.2. The van der Waals surface area contributed by atoms with Crippen LogP contribution in [0, 0.1) is 0 Å². The average molecular weight is 257 g/mol. The standard InChI is InChI=1S/C13H23NO4/c1-18-13(17)7-5-3-2-4-6-10-11(15)8-9-12(16)14-10/h10-11,15H,2-9H2,1H3,(H,14,16)/t10-,11+/m0/s1. The number of hydrogen-bond acceptors (Lipinski definition) is 4. The molecule has 1 heterocycles. The Labute approximate surface area is 108 Å². The van der Waals surface area contributed by atoms with Crippen molar-refractivity contribution >= 4 is 11.9 Å². The first-order valence-corrected chi connectivity index (χ1v) is 6.67. The number of piperidine rings is 1. The summed E-state index contributed by atoms with van der Waals surface area (Å²) in [6, 6.07) is -0.0909. The van der Waals surface area contributed by atoms with Crippen LogP contribution in [-0.4, -0.2) is 36.2 Å². The molecule has 1 aliphatic rings. The first-order chi connectivity index (χ1) is 8.63. The van der Waals surface area contributed by atoms with Crippen LogP contribution in [0.5, 0.6) is 0 Å². The van der Waals surface area contributed by atoms with E-state index in [9.17, 15) is 14.7 Å². The number of carbonyl (C=O) groups is 2. The number of aliphatic hydroxyl groups excluding tert-OH is 1. The van der Waals surface area contributed by atoms with E-state index < -0.39 is 6.10 Å². The van der Waals surface area contributed by atoms with Crippen LogP contribution in [-0.2, 0) is 14.3 Å². The summed E-state index contributed by atoms with van der Waals surface area (Å²) >= 11 is 0. The van der Waals surface area contributed by atoms with Gasteiger partial charge in [0.1, 0.15) is 0 Å². The SMILES string of the molecule is COC(=O)CCCCCC[C@@H]1NC(=O)CC[C@H]1O. The van der Waals surface area contributed by atoms with Crippen LogP contribution in [0.25, 0.3) is 0 Å². The van der Waals surface area contributed by atoms with Crippen molar-refractivity contribution in [3.8, 4) is 0 Å². The van der Waals surface area contributed by atoms with Gasteiger partial charge in [0.15, 0.2) is 0 Å². The molecule has 0 aliphatic carbocycles. The third kappa shape index (κ3) is 5.49. The number of hydrogen-bond donors (Lipinski definition) is 2. The van der Waals surface area contributed by atoms with E-state index in [1.807, 2.05) is 0 Å². The van der Waals surface area contributed by atoms with Gasteiger partial charge >= 0.3 is 5.97 Å². The van der Waals surface area contributed by atoms with Gasteiger partial charge in [0.2, 0.25) is 5.91 Å². The second-order valence-electron chi connectivity index (χ2n) is 4.81. The molecule has 104 valence electrons. The molecule has 2 N–H and O–H groups in total. The lowest BCUT2D eigenvalue weighted by molar-refractivity contribution is -0.140. The van der Waals surface area contributed by atoms with Crippen molar-refractivity contribution in [3.63, 3.8) is 0 Å². The number of ether oxygens (including phenoxy) is 1. The molecule has 0 aromatic heterocycles. The smallest absolute Gasteiger partial charge is 0.305 e. The molecular weight excluding hydrogens is 234 g/mol. The zero-order valence-corrected chi connectivity index (χ0v) is 11.0. The van der Waals surface area contributed by atoms with Crippen LogP contribution >= 0.6 is 0 Å². The molecule has 1 rings (SSSR count). The first kappa shape index (κ1) is 15.0. The van der Waals surface area contributed by atoms with Crippen molar-refractivity contribution in [1.29, 1.82) is 0 Å². The average Bonchev–Trinajstić information content (AvgIpc) is 2.37. The highest BCUT2D eigenvalue weighted by Crippen LogP contribution is 2.16. The normalized spacial score (nSPS) is 23.6. The van der Waals surface area contributed by atoms with Crippen molar-refractivity contribution in [1.82, 2.24) is 5.32 Å². The lowest BCUT2D eigenvalue weighted by Gasteiger charge is -2.28. The van der Waals surface area contributed by atoms with Gasteiger partial charge in [-0.3, -0.25) is 9.59 Å². The molecule has 1 aliphatic heterocycles. The Balaban J connectivity index is 2.03. The van der Waals surface area contributed by atoms with E-state index in [4.69, 9.17) is 0 Å². The maximum atomic E-state index is 11.2. The number of rotatable bonds is 7. The van der Waals surface area contributed by atoms with E-state index in [0.717, 1.165) is 32.1 Å². The van der Waals surface area contributed by atoms with Gasteiger partial charge in [0.25, 0.3) is 0 Å². The van der Waals surface area contributed by atoms with Crippen LogP contribution in [0.3, 0.4) is 0 Å². The molecule has 0 aromatic carbocycles. The third-order valence-corrected chi connectivity index (χ3v) is 3.35. The van der Waals surface area contributed by atoms with Crippen LogP contribution in [0.4, 0.5) is 0 Å². The zero-order chi connectivity index (χ0) is 13.4. The van der Waals surface area contributed by atoms with Crippen molar-refractivity contribution in [2.75, 3.05) is 7.11 Å². The zero-order valence-electron chi connectivity index (χ0n) is 11.0. The van der Waals surface area contributed by atoms with E-state index in [1.165, 1.54) is 7.11 Å². The van der Waals surface area contributed by atoms with Gasteiger partial charge in [-0.2, -0.15) is 0 Å². The molecule has 5 nitrogen and oxygen atoms in total. The van der Waals surface area contributed by atoms with Gasteiger partial charge in [0.05, 0.1) is 19.3 Å². The first-order valence-electron chi connectivity index (χ1n) is 6.67. The van der Waals surface area contributed by atoms with Gasteiger partial charge in [-0.15, -0.1) is 0 Å². The van der Waals surface area contributed by atoms with Gasteiger partial charge in [-0.05, 0) is 19.3 Å². The number of nitrogens with one attached hydrogen (secondary N) is 1. The third-order valence-electron chi connectivity index (χ3n) is 3.35. The summed E-state index contributed by atoms with van der Waals surface area (Å²) in [5, 5.41) is 12.5. The summed E-state index contributed by atoms with van der Waals surface area (Å²) in [6.45, 7) is 0. The van der Waals surface area contributed by atoms with Crippen LogP contribution in [0.1, 0.15) is 51.4 Å². The summed E-state index contributed by atoms with van der Waals surface area (Å²) in [7, 11) is 1.40. The Morgan fingerprint density at radius 1 is 1.39 bits per heavy atom. The van der Waals surface area contributed by atoms with Crippen molar-refractivity contribution in [3.05, 3.63) is 0 Å². The topological polar surface area (TPSA) is 75.6 Å². The molecule has 18 heavy (non-hydrogen) atoms. The highest BCUT2D eigenvalue weighted by molar-refractivity contribution is 5.77. The summed E-state index contributed by atoms with van der Waals surface area (Å²) in [6.07, 6.45) is 5.66. The second-order valence-corrected chi connectivity index (χ2v) is 4.81. The molecule has 2 atom stereocenters. The minimum Gasteiger partial charge on any atom is -0.469 e. The van der Waals surface area contributed by atoms with Crippen molar-refractivity contribution in [2.45, 2.75) is 63.5 Å². The molecule has 0 saturated carbocycles. The van der Waals surface area contributed by atoms with Crippen LogP contribution in [0.2, 0.25) is 0 Å². The van der Waals surface area contributed by atoms with Gasteiger partial charge in [-0.1, -0.05) is 19.3 Å². The highest BCUT2D eigenvalue weighted by Gasteiger charge is 2.25. The molecule has 0 unspecified atom stereocenters. The lowest BCUT2D eigenvalue weighted by atomic mass is 9.95. The Morgan fingerprint density at radius 3 is 2.83 bits per heavy atom. The van der Waals surface area contributed by atoms with E-state index in [2.05, 4.69) is 10.1 Å². The van der Waals surface area contributed by atoms with Gasteiger partial charge < -0.3 is 15.2 Å². The van der Waals surface area contributed by atoms with E-state index in [0.29, 0.717) is 19.3 Å². The molecule has 0 radical (unpaired) electrons. The molecule has 1 saturated heterocycles. The van der Waals surface area contributed by atoms with Crippen molar-refractivity contribution in [2.24, 2.45) is 0 Å².